The van der Waals surface area contributed by atoms with Gasteiger partial charge in [0.05, 0.1) is 12.8 Å². The summed E-state index contributed by atoms with van der Waals surface area (Å²) in [5.74, 6) is -9.84. The monoisotopic (exact) mass is 1010 g/mol. The third kappa shape index (κ3) is 25.1. The van der Waals surface area contributed by atoms with Gasteiger partial charge in [0.25, 0.3) is 0 Å². The number of esters is 1. The highest BCUT2D eigenvalue weighted by molar-refractivity contribution is 5.98. The van der Waals surface area contributed by atoms with Crippen LogP contribution in [0.4, 0.5) is 0 Å². The molecule has 1 aliphatic rings. The van der Waals surface area contributed by atoms with Crippen LogP contribution in [-0.2, 0) is 52.7 Å². The van der Waals surface area contributed by atoms with Crippen LogP contribution in [-0.4, -0.2) is 113 Å². The summed E-state index contributed by atoms with van der Waals surface area (Å²) in [5, 5.41) is 28.4. The minimum absolute atomic E-state index is 0.0452. The van der Waals surface area contributed by atoms with Gasteiger partial charge in [-0.2, -0.15) is 0 Å². The number of unbranched alkanes of at least 4 members (excludes halogenated alkanes) is 3. The van der Waals surface area contributed by atoms with Crippen LogP contribution in [0.3, 0.4) is 0 Å². The molecule has 20 heteroatoms. The molecule has 1 heterocycles. The van der Waals surface area contributed by atoms with Crippen molar-refractivity contribution >= 4 is 59.2 Å². The molecule has 0 spiro atoms. The normalized spacial score (nSPS) is 25.1. The van der Waals surface area contributed by atoms with Crippen LogP contribution in [0.2, 0.25) is 0 Å². The summed E-state index contributed by atoms with van der Waals surface area (Å²) in [6, 6.07) is -9.49. The van der Waals surface area contributed by atoms with Gasteiger partial charge in [0.15, 0.2) is 0 Å². The number of rotatable bonds is 22. The Kier molecular flexibility index (Phi) is 29.3. The molecule has 0 aromatic carbocycles. The number of carbonyl (C=O) groups excluding carboxylic acids is 9. The summed E-state index contributed by atoms with van der Waals surface area (Å²) in [6.45, 7) is 21.9. The molecule has 0 unspecified atom stereocenters. The molecule has 0 bridgehead atoms. The average molecular weight is 1010 g/mol. The Bertz CT molecular complexity index is 1770. The van der Waals surface area contributed by atoms with Crippen LogP contribution >= 0.6 is 0 Å². The molecule has 10 atom stereocenters. The minimum atomic E-state index is -1.72. The molecule has 8 amide bonds. The van der Waals surface area contributed by atoms with Gasteiger partial charge in [-0.1, -0.05) is 122 Å². The topological polar surface area (TPSA) is 310 Å². The second-order valence-corrected chi connectivity index (χ2v) is 21.2. The Morgan fingerprint density at radius 1 is 0.563 bits per heavy atom. The number of hydrogen-bond acceptors (Lipinski definition) is 11. The van der Waals surface area contributed by atoms with Gasteiger partial charge in [-0.25, -0.2) is 4.79 Å². The van der Waals surface area contributed by atoms with E-state index in [1.807, 2.05) is 27.7 Å². The number of nitrogens with two attached hydrogens (primary N) is 1. The Morgan fingerprint density at radius 3 is 1.46 bits per heavy atom. The van der Waals surface area contributed by atoms with Crippen molar-refractivity contribution < 1.29 is 57.8 Å². The van der Waals surface area contributed by atoms with Gasteiger partial charge in [-0.3, -0.25) is 43.2 Å². The van der Waals surface area contributed by atoms with E-state index in [9.17, 15) is 53.1 Å². The van der Waals surface area contributed by atoms with Crippen molar-refractivity contribution in [2.75, 3.05) is 0 Å². The number of cyclic esters (lactones) is 1. The number of carboxylic acids is 1. The van der Waals surface area contributed by atoms with E-state index >= 15 is 0 Å². The Morgan fingerprint density at radius 2 is 1.01 bits per heavy atom. The molecule has 0 aromatic heterocycles. The van der Waals surface area contributed by atoms with E-state index in [4.69, 9.17) is 10.5 Å². The largest absolute Gasteiger partial charge is 0.481 e. The first-order valence-corrected chi connectivity index (χ1v) is 26.0. The Hall–Kier alpha value is -5.30. The smallest absolute Gasteiger partial charge is 0.329 e. The maximum atomic E-state index is 14.2. The molecule has 20 nitrogen and oxygen atoms in total. The molecule has 1 rings (SSSR count). The summed E-state index contributed by atoms with van der Waals surface area (Å²) < 4.78 is 6.06. The Labute approximate surface area is 422 Å². The van der Waals surface area contributed by atoms with Crippen LogP contribution in [0.15, 0.2) is 0 Å². The first kappa shape index (κ1) is 63.7. The second-order valence-electron chi connectivity index (χ2n) is 21.2. The van der Waals surface area contributed by atoms with E-state index in [1.54, 1.807) is 41.5 Å². The molecular weight excluding hydrogens is 917 g/mol. The highest BCUT2D eigenvalue weighted by atomic mass is 16.5. The zero-order valence-electron chi connectivity index (χ0n) is 44.7. The van der Waals surface area contributed by atoms with E-state index in [-0.39, 0.29) is 56.3 Å². The first-order valence-electron chi connectivity index (χ1n) is 26.0. The van der Waals surface area contributed by atoms with Crippen LogP contribution < -0.4 is 43.0 Å². The van der Waals surface area contributed by atoms with Crippen molar-refractivity contribution in [2.45, 2.75) is 228 Å². The van der Waals surface area contributed by atoms with Gasteiger partial charge in [0.2, 0.25) is 47.3 Å². The predicted octanol–water partition coefficient (Wildman–Crippen LogP) is 3.66. The lowest BCUT2D eigenvalue weighted by Gasteiger charge is -2.30. The molecule has 0 aromatic rings. The summed E-state index contributed by atoms with van der Waals surface area (Å²) in [5.41, 5.74) is 5.48. The third-order valence-electron chi connectivity index (χ3n) is 12.7. The average Bonchev–Trinajstić information content (AvgIpc) is 3.26. The lowest BCUT2D eigenvalue weighted by atomic mass is 9.96. The summed E-state index contributed by atoms with van der Waals surface area (Å²) >= 11 is 0. The van der Waals surface area contributed by atoms with Crippen molar-refractivity contribution in [3.8, 4) is 0 Å². The first-order chi connectivity index (χ1) is 33.2. The van der Waals surface area contributed by atoms with E-state index in [0.717, 1.165) is 32.1 Å². The van der Waals surface area contributed by atoms with Crippen LogP contribution in [0.5, 0.6) is 0 Å². The second kappa shape index (κ2) is 32.6. The maximum absolute atomic E-state index is 14.2. The van der Waals surface area contributed by atoms with Gasteiger partial charge in [-0.15, -0.1) is 0 Å². The number of hydrogen-bond donors (Lipinski definition) is 9. The molecule has 0 saturated carbocycles. The van der Waals surface area contributed by atoms with E-state index in [1.165, 1.54) is 0 Å². The molecule has 1 saturated heterocycles. The predicted molar refractivity (Wildman–Crippen MR) is 269 cm³/mol. The van der Waals surface area contributed by atoms with Crippen molar-refractivity contribution in [2.24, 2.45) is 41.2 Å². The summed E-state index contributed by atoms with van der Waals surface area (Å²) in [4.78, 5) is 137. The van der Waals surface area contributed by atoms with Crippen LogP contribution in [0, 0.1) is 35.5 Å². The van der Waals surface area contributed by atoms with Gasteiger partial charge in [-0.05, 0) is 74.0 Å². The van der Waals surface area contributed by atoms with E-state index < -0.39 is 132 Å². The fourth-order valence-corrected chi connectivity index (χ4v) is 8.16. The van der Waals surface area contributed by atoms with Gasteiger partial charge in [0.1, 0.15) is 48.4 Å². The number of ether oxygens (including phenoxy) is 1. The van der Waals surface area contributed by atoms with Gasteiger partial charge >= 0.3 is 11.9 Å². The summed E-state index contributed by atoms with van der Waals surface area (Å²) in [6.07, 6.45) is 3.40. The van der Waals surface area contributed by atoms with Crippen molar-refractivity contribution in [3.05, 3.63) is 0 Å². The molecule has 71 heavy (non-hydrogen) atoms. The van der Waals surface area contributed by atoms with Crippen LogP contribution in [0.25, 0.3) is 0 Å². The van der Waals surface area contributed by atoms with Crippen molar-refractivity contribution in [1.29, 1.82) is 0 Å². The van der Waals surface area contributed by atoms with Gasteiger partial charge in [0, 0.05) is 6.42 Å². The molecule has 10 N–H and O–H groups in total. The molecule has 1 fully saturated rings. The fourth-order valence-electron chi connectivity index (χ4n) is 8.16. The molecule has 0 aliphatic carbocycles. The number of aliphatic carboxylic acids is 1. The highest BCUT2D eigenvalue weighted by Crippen LogP contribution is 2.20. The number of primary amides is 1. The minimum Gasteiger partial charge on any atom is -0.481 e. The van der Waals surface area contributed by atoms with Crippen molar-refractivity contribution in [1.82, 2.24) is 37.2 Å². The standard InChI is InChI=1S/C51H90N8O12/c1-13-32(11)19-17-15-16-18-20-34-26-41(61)53-35(21-22-40(52)60)45(64)54-36(23-28(3)4)46(65)55-37(24-29(5)6)48(67)58-43(31(9)10)50(69)57-39(27-42(62)63)47(66)56-38(25-30(7)8)49(68)59-44(33(12)14-2)51(70)71-34/h28-39,43-44H,13-27H2,1-12H3,(H2,52,60)(H,53,61)(H,54,64)(H,55,65)(H,56,66)(H,57,69)(H,58,67)(H,59,68)(H,62,63)/t32-,33-,34-,35-,36-,37+,38+,39-,43-,44-/m0/s1. The van der Waals surface area contributed by atoms with E-state index in [2.05, 4.69) is 51.1 Å². The number of carbonyl (C=O) groups is 10. The quantitative estimate of drug-likeness (QED) is 0.0555. The maximum Gasteiger partial charge on any atom is 0.329 e. The third-order valence-corrected chi connectivity index (χ3v) is 12.7. The highest BCUT2D eigenvalue weighted by Gasteiger charge is 2.38. The summed E-state index contributed by atoms with van der Waals surface area (Å²) in [7, 11) is 0. The van der Waals surface area contributed by atoms with Gasteiger partial charge < -0.3 is 52.8 Å². The number of carboxylic acid groups (broad SMARTS) is 1. The van der Waals surface area contributed by atoms with Crippen LogP contribution in [0.1, 0.15) is 179 Å². The van der Waals surface area contributed by atoms with Crippen molar-refractivity contribution in [3.63, 3.8) is 0 Å². The molecule has 0 radical (unpaired) electrons. The zero-order chi connectivity index (χ0) is 54.1. The van der Waals surface area contributed by atoms with E-state index in [0.29, 0.717) is 18.8 Å². The lowest BCUT2D eigenvalue weighted by molar-refractivity contribution is -0.156. The molecule has 1 aliphatic heterocycles. The number of nitrogens with one attached hydrogen (secondary N) is 7. The molecule has 406 valence electrons. The Balaban J connectivity index is 4.02. The number of amides is 8. The SMILES string of the molecule is CC[C@H](C)CCCCCC[C@H]1CC(=O)N[C@@H](CCC(N)=O)C(=O)N[C@@H](CC(C)C)C(=O)N[C@H](CC(C)C)C(=O)N[C@@H](C(C)C)C(=O)N[C@@H](CC(=O)O)C(=O)N[C@H](CC(C)C)C(=O)N[C@@H]([C@@H](C)CC)C(=O)O1. The zero-order valence-corrected chi connectivity index (χ0v) is 44.7. The lowest BCUT2D eigenvalue weighted by Crippen LogP contribution is -2.61. The molecular formula is C51H90N8O12. The fraction of sp³-hybridized carbons (Fsp3) is 0.804.